The van der Waals surface area contributed by atoms with E-state index >= 15 is 0 Å². The van der Waals surface area contributed by atoms with E-state index in [1.54, 1.807) is 4.90 Å². The number of hydrogen-bond donors (Lipinski definition) is 3. The molecule has 1 aliphatic rings. The molecule has 1 aliphatic heterocycles. The number of carboxylic acid groups (broad SMARTS) is 1. The van der Waals surface area contributed by atoms with Crippen molar-refractivity contribution in [3.8, 4) is 0 Å². The molecule has 1 unspecified atom stereocenters. The Morgan fingerprint density at radius 2 is 2.19 bits per heavy atom. The molecular formula is C13H21N5O3. The van der Waals surface area contributed by atoms with Crippen LogP contribution in [0, 0.1) is 5.41 Å². The lowest BCUT2D eigenvalue weighted by Gasteiger charge is -2.38. The summed E-state index contributed by atoms with van der Waals surface area (Å²) in [7, 11) is 0. The fourth-order valence-electron chi connectivity index (χ4n) is 2.62. The van der Waals surface area contributed by atoms with E-state index in [0.717, 1.165) is 0 Å². The van der Waals surface area contributed by atoms with Crippen molar-refractivity contribution in [1.29, 1.82) is 0 Å². The lowest BCUT2D eigenvalue weighted by molar-refractivity contribution is -0.151. The summed E-state index contributed by atoms with van der Waals surface area (Å²) in [6.45, 7) is 4.61. The zero-order valence-corrected chi connectivity index (χ0v) is 12.3. The highest BCUT2D eigenvalue weighted by molar-refractivity contribution is 5.77. The van der Waals surface area contributed by atoms with Crippen molar-refractivity contribution >= 4 is 12.0 Å². The van der Waals surface area contributed by atoms with Gasteiger partial charge < -0.3 is 15.3 Å². The van der Waals surface area contributed by atoms with E-state index in [2.05, 4.69) is 20.5 Å². The number of nitrogens with zero attached hydrogens (tertiary/aromatic N) is 3. The quantitative estimate of drug-likeness (QED) is 0.771. The topological polar surface area (TPSA) is 111 Å². The number of hydrogen-bond acceptors (Lipinski definition) is 4. The van der Waals surface area contributed by atoms with E-state index in [0.29, 0.717) is 38.2 Å². The standard InChI is InChI=1S/C13H21N5O3/c1-3-13(11(19)20)4-6-18(7-5-13)12(21)16-9(2)10-14-8-15-17-10/h8-9H,3-7H2,1-2H3,(H,16,21)(H,19,20)(H,14,15,17). The monoisotopic (exact) mass is 295 g/mol. The summed E-state index contributed by atoms with van der Waals surface area (Å²) in [5, 5.41) is 18.6. The van der Waals surface area contributed by atoms with Gasteiger partial charge in [0.25, 0.3) is 0 Å². The van der Waals surface area contributed by atoms with Gasteiger partial charge in [0.05, 0.1) is 11.5 Å². The largest absolute Gasteiger partial charge is 0.481 e. The summed E-state index contributed by atoms with van der Waals surface area (Å²) >= 11 is 0. The lowest BCUT2D eigenvalue weighted by atomic mass is 9.76. The Hall–Kier alpha value is -2.12. The number of carboxylic acids is 1. The van der Waals surface area contributed by atoms with Gasteiger partial charge in [0, 0.05) is 13.1 Å². The second kappa shape index (κ2) is 6.11. The number of piperidine rings is 1. The van der Waals surface area contributed by atoms with Gasteiger partial charge in [-0.15, -0.1) is 0 Å². The number of aromatic nitrogens is 3. The van der Waals surface area contributed by atoms with Crippen LogP contribution in [-0.4, -0.2) is 50.3 Å². The maximum absolute atomic E-state index is 12.2. The summed E-state index contributed by atoms with van der Waals surface area (Å²) in [6.07, 6.45) is 2.96. The molecular weight excluding hydrogens is 274 g/mol. The van der Waals surface area contributed by atoms with E-state index in [-0.39, 0.29) is 12.1 Å². The molecule has 1 aromatic heterocycles. The Labute approximate surface area is 122 Å². The van der Waals surface area contributed by atoms with Crippen LogP contribution in [0.4, 0.5) is 4.79 Å². The molecule has 21 heavy (non-hydrogen) atoms. The van der Waals surface area contributed by atoms with E-state index < -0.39 is 11.4 Å². The molecule has 2 heterocycles. The number of aliphatic carboxylic acids is 1. The van der Waals surface area contributed by atoms with Gasteiger partial charge in [-0.3, -0.25) is 9.89 Å². The van der Waals surface area contributed by atoms with Gasteiger partial charge in [0.1, 0.15) is 12.2 Å². The van der Waals surface area contributed by atoms with E-state index in [1.165, 1.54) is 6.33 Å². The Bertz CT molecular complexity index is 494. The number of H-pyrrole nitrogens is 1. The van der Waals surface area contributed by atoms with Crippen LogP contribution in [-0.2, 0) is 4.79 Å². The van der Waals surface area contributed by atoms with Crippen LogP contribution < -0.4 is 5.32 Å². The number of urea groups is 1. The zero-order chi connectivity index (χ0) is 15.5. The average Bonchev–Trinajstić information content (AvgIpc) is 3.01. The van der Waals surface area contributed by atoms with Gasteiger partial charge in [-0.25, -0.2) is 9.78 Å². The minimum Gasteiger partial charge on any atom is -0.481 e. The molecule has 0 aliphatic carbocycles. The highest BCUT2D eigenvalue weighted by atomic mass is 16.4. The van der Waals surface area contributed by atoms with Crippen LogP contribution in [0.15, 0.2) is 6.33 Å². The van der Waals surface area contributed by atoms with Crippen LogP contribution in [0.2, 0.25) is 0 Å². The molecule has 0 radical (unpaired) electrons. The van der Waals surface area contributed by atoms with Crippen molar-refractivity contribution in [2.45, 2.75) is 39.2 Å². The fraction of sp³-hybridized carbons (Fsp3) is 0.692. The number of amides is 2. The Morgan fingerprint density at radius 3 is 2.67 bits per heavy atom. The third-order valence-electron chi connectivity index (χ3n) is 4.32. The summed E-state index contributed by atoms with van der Waals surface area (Å²) in [5.41, 5.74) is -0.687. The van der Waals surface area contributed by atoms with Crippen molar-refractivity contribution in [3.05, 3.63) is 12.2 Å². The molecule has 2 rings (SSSR count). The summed E-state index contributed by atoms with van der Waals surface area (Å²) in [6, 6.07) is -0.466. The SMILES string of the molecule is CCC1(C(=O)O)CCN(C(=O)NC(C)c2ncn[nH]2)CC1. The number of carbonyl (C=O) groups excluding carboxylic acids is 1. The average molecular weight is 295 g/mol. The van der Waals surface area contributed by atoms with Gasteiger partial charge in [-0.2, -0.15) is 5.10 Å². The smallest absolute Gasteiger partial charge is 0.317 e. The molecule has 0 aromatic carbocycles. The lowest BCUT2D eigenvalue weighted by Crippen LogP contribution is -2.49. The molecule has 0 spiro atoms. The van der Waals surface area contributed by atoms with Gasteiger partial charge >= 0.3 is 12.0 Å². The maximum atomic E-state index is 12.2. The van der Waals surface area contributed by atoms with Crippen LogP contribution >= 0.6 is 0 Å². The van der Waals surface area contributed by atoms with Crippen LogP contribution in [0.25, 0.3) is 0 Å². The van der Waals surface area contributed by atoms with Crippen LogP contribution in [0.5, 0.6) is 0 Å². The minimum atomic E-state index is -0.764. The van der Waals surface area contributed by atoms with Gasteiger partial charge in [0.15, 0.2) is 0 Å². The molecule has 1 atom stereocenters. The van der Waals surface area contributed by atoms with Gasteiger partial charge in [0.2, 0.25) is 0 Å². The van der Waals surface area contributed by atoms with Crippen molar-refractivity contribution in [2.24, 2.45) is 5.41 Å². The predicted octanol–water partition coefficient (Wildman–Crippen LogP) is 1.15. The highest BCUT2D eigenvalue weighted by Crippen LogP contribution is 2.35. The number of likely N-dealkylation sites (tertiary alicyclic amines) is 1. The first-order valence-electron chi connectivity index (χ1n) is 7.12. The molecule has 8 heteroatoms. The Morgan fingerprint density at radius 1 is 1.52 bits per heavy atom. The van der Waals surface area contributed by atoms with Crippen LogP contribution in [0.3, 0.4) is 0 Å². The molecule has 0 saturated carbocycles. The molecule has 116 valence electrons. The fourth-order valence-corrected chi connectivity index (χ4v) is 2.62. The van der Waals surface area contributed by atoms with E-state index in [9.17, 15) is 14.7 Å². The molecule has 8 nitrogen and oxygen atoms in total. The molecule has 3 N–H and O–H groups in total. The highest BCUT2D eigenvalue weighted by Gasteiger charge is 2.40. The molecule has 2 amide bonds. The van der Waals surface area contributed by atoms with Crippen molar-refractivity contribution < 1.29 is 14.7 Å². The third-order valence-corrected chi connectivity index (χ3v) is 4.32. The normalized spacial score (nSPS) is 19.0. The van der Waals surface area contributed by atoms with Gasteiger partial charge in [-0.1, -0.05) is 6.92 Å². The van der Waals surface area contributed by atoms with Crippen molar-refractivity contribution in [1.82, 2.24) is 25.4 Å². The third kappa shape index (κ3) is 3.14. The maximum Gasteiger partial charge on any atom is 0.317 e. The van der Waals surface area contributed by atoms with E-state index in [1.807, 2.05) is 13.8 Å². The summed E-state index contributed by atoms with van der Waals surface area (Å²) < 4.78 is 0. The predicted molar refractivity (Wildman–Crippen MR) is 74.5 cm³/mol. The minimum absolute atomic E-state index is 0.200. The second-order valence-electron chi connectivity index (χ2n) is 5.47. The number of carbonyl (C=O) groups is 2. The Kier molecular flexibility index (Phi) is 4.44. The number of rotatable bonds is 4. The Balaban J connectivity index is 1.90. The molecule has 1 aromatic rings. The van der Waals surface area contributed by atoms with E-state index in [4.69, 9.17) is 0 Å². The summed E-state index contributed by atoms with van der Waals surface area (Å²) in [4.78, 5) is 29.2. The van der Waals surface area contributed by atoms with Crippen LogP contribution in [0.1, 0.15) is 45.0 Å². The van der Waals surface area contributed by atoms with Gasteiger partial charge in [-0.05, 0) is 26.2 Å². The van der Waals surface area contributed by atoms with Crippen molar-refractivity contribution in [3.63, 3.8) is 0 Å². The molecule has 1 saturated heterocycles. The first kappa shape index (κ1) is 15.3. The zero-order valence-electron chi connectivity index (χ0n) is 12.3. The molecule has 0 bridgehead atoms. The number of aromatic amines is 1. The first-order valence-corrected chi connectivity index (χ1v) is 7.12. The first-order chi connectivity index (χ1) is 9.98. The number of nitrogens with one attached hydrogen (secondary N) is 2. The molecule has 1 fully saturated rings. The second-order valence-corrected chi connectivity index (χ2v) is 5.47. The van der Waals surface area contributed by atoms with Crippen molar-refractivity contribution in [2.75, 3.05) is 13.1 Å². The summed E-state index contributed by atoms with van der Waals surface area (Å²) in [5.74, 6) is -0.172.